The summed E-state index contributed by atoms with van der Waals surface area (Å²) in [5, 5.41) is 7.22. The molecule has 1 atom stereocenters. The van der Waals surface area contributed by atoms with Gasteiger partial charge in [0.25, 0.3) is 5.95 Å². The van der Waals surface area contributed by atoms with Gasteiger partial charge in [-0.25, -0.2) is 4.68 Å². The fourth-order valence-corrected chi connectivity index (χ4v) is 2.77. The Hall–Kier alpha value is -2.18. The largest absolute Gasteiger partial charge is 0.357 e. The van der Waals surface area contributed by atoms with Crippen LogP contribution in [0, 0.1) is 0 Å². The SMILES string of the molecule is CCC1CCCCN1c1nc(NC)nc(-n2cccn2)n1. The Morgan fingerprint density at radius 2 is 2.10 bits per heavy atom. The summed E-state index contributed by atoms with van der Waals surface area (Å²) in [4.78, 5) is 15.8. The molecule has 112 valence electrons. The molecule has 1 fully saturated rings. The molecule has 1 saturated heterocycles. The molecule has 7 nitrogen and oxygen atoms in total. The van der Waals surface area contributed by atoms with E-state index in [4.69, 9.17) is 0 Å². The summed E-state index contributed by atoms with van der Waals surface area (Å²) in [6.45, 7) is 3.22. The molecule has 0 aliphatic carbocycles. The minimum atomic E-state index is 0.510. The number of piperidine rings is 1. The Morgan fingerprint density at radius 3 is 2.81 bits per heavy atom. The fourth-order valence-electron chi connectivity index (χ4n) is 2.77. The van der Waals surface area contributed by atoms with Gasteiger partial charge < -0.3 is 10.2 Å². The van der Waals surface area contributed by atoms with Crippen molar-refractivity contribution < 1.29 is 0 Å². The van der Waals surface area contributed by atoms with Gasteiger partial charge in [-0.2, -0.15) is 20.1 Å². The molecule has 3 heterocycles. The number of nitrogens with zero attached hydrogens (tertiary/aromatic N) is 6. The van der Waals surface area contributed by atoms with Gasteiger partial charge in [0.1, 0.15) is 0 Å². The van der Waals surface area contributed by atoms with Crippen molar-refractivity contribution in [1.82, 2.24) is 24.7 Å². The minimum Gasteiger partial charge on any atom is -0.357 e. The van der Waals surface area contributed by atoms with E-state index >= 15 is 0 Å². The molecule has 0 bridgehead atoms. The maximum atomic E-state index is 4.61. The smallest absolute Gasteiger partial charge is 0.257 e. The summed E-state index contributed by atoms with van der Waals surface area (Å²) in [5.74, 6) is 1.87. The zero-order valence-electron chi connectivity index (χ0n) is 12.5. The lowest BCUT2D eigenvalue weighted by molar-refractivity contribution is 0.442. The van der Waals surface area contributed by atoms with Crippen LogP contribution in [0.2, 0.25) is 0 Å². The van der Waals surface area contributed by atoms with Gasteiger partial charge in [-0.05, 0) is 31.7 Å². The van der Waals surface area contributed by atoms with E-state index in [0.717, 1.165) is 18.9 Å². The molecule has 0 amide bonds. The fraction of sp³-hybridized carbons (Fsp3) is 0.571. The Kier molecular flexibility index (Phi) is 3.98. The molecule has 1 N–H and O–H groups in total. The highest BCUT2D eigenvalue weighted by atomic mass is 15.4. The van der Waals surface area contributed by atoms with E-state index in [0.29, 0.717) is 17.9 Å². The maximum Gasteiger partial charge on any atom is 0.257 e. The first-order valence-electron chi connectivity index (χ1n) is 7.52. The first-order chi connectivity index (χ1) is 10.3. The molecule has 0 saturated carbocycles. The van der Waals surface area contributed by atoms with Gasteiger partial charge in [0.05, 0.1) is 0 Å². The topological polar surface area (TPSA) is 71.8 Å². The van der Waals surface area contributed by atoms with Crippen molar-refractivity contribution in [2.75, 3.05) is 23.8 Å². The lowest BCUT2D eigenvalue weighted by atomic mass is 10.0. The zero-order chi connectivity index (χ0) is 14.7. The predicted molar refractivity (Wildman–Crippen MR) is 81.8 cm³/mol. The van der Waals surface area contributed by atoms with Gasteiger partial charge in [-0.1, -0.05) is 6.92 Å². The van der Waals surface area contributed by atoms with Gasteiger partial charge in [-0.3, -0.25) is 0 Å². The number of anilines is 2. The molecule has 1 aliphatic rings. The maximum absolute atomic E-state index is 4.61. The van der Waals surface area contributed by atoms with Crippen LogP contribution >= 0.6 is 0 Å². The van der Waals surface area contributed by atoms with Crippen molar-refractivity contribution in [3.8, 4) is 5.95 Å². The molecule has 0 radical (unpaired) electrons. The standard InChI is InChI=1S/C14H21N7/c1-3-11-7-4-5-9-20(11)13-17-12(15-2)18-14(19-13)21-10-6-8-16-21/h6,8,10-11H,3-5,7,9H2,1-2H3,(H,15,17,18,19). The van der Waals surface area contributed by atoms with E-state index in [9.17, 15) is 0 Å². The number of hydrogen-bond donors (Lipinski definition) is 1. The Balaban J connectivity index is 1.99. The van der Waals surface area contributed by atoms with Crippen LogP contribution in [-0.2, 0) is 0 Å². The van der Waals surface area contributed by atoms with E-state index in [1.54, 1.807) is 10.9 Å². The molecule has 1 unspecified atom stereocenters. The summed E-state index contributed by atoms with van der Waals surface area (Å²) in [6, 6.07) is 2.37. The van der Waals surface area contributed by atoms with Crippen molar-refractivity contribution in [2.24, 2.45) is 0 Å². The van der Waals surface area contributed by atoms with Crippen LogP contribution in [0.4, 0.5) is 11.9 Å². The first kappa shape index (κ1) is 13.8. The minimum absolute atomic E-state index is 0.510. The third-order valence-electron chi connectivity index (χ3n) is 3.90. The molecule has 2 aromatic rings. The Labute approximate surface area is 124 Å². The summed E-state index contributed by atoms with van der Waals surface area (Å²) >= 11 is 0. The lowest BCUT2D eigenvalue weighted by Gasteiger charge is -2.35. The molecular formula is C14H21N7. The molecular weight excluding hydrogens is 266 g/mol. The van der Waals surface area contributed by atoms with Crippen LogP contribution in [0.5, 0.6) is 0 Å². The van der Waals surface area contributed by atoms with Gasteiger partial charge >= 0.3 is 0 Å². The zero-order valence-corrected chi connectivity index (χ0v) is 12.5. The molecule has 1 aliphatic heterocycles. The van der Waals surface area contributed by atoms with Crippen molar-refractivity contribution in [3.05, 3.63) is 18.5 Å². The molecule has 3 rings (SSSR count). The second-order valence-corrected chi connectivity index (χ2v) is 5.21. The monoisotopic (exact) mass is 287 g/mol. The highest BCUT2D eigenvalue weighted by Gasteiger charge is 2.24. The number of rotatable bonds is 4. The Morgan fingerprint density at radius 1 is 1.24 bits per heavy atom. The van der Waals surface area contributed by atoms with Crippen molar-refractivity contribution in [1.29, 1.82) is 0 Å². The van der Waals surface area contributed by atoms with Crippen LogP contribution in [0.3, 0.4) is 0 Å². The number of aromatic nitrogens is 5. The van der Waals surface area contributed by atoms with E-state index in [-0.39, 0.29) is 0 Å². The molecule has 21 heavy (non-hydrogen) atoms. The van der Waals surface area contributed by atoms with E-state index in [2.05, 4.69) is 37.2 Å². The second kappa shape index (κ2) is 6.07. The molecule has 7 heteroatoms. The van der Waals surface area contributed by atoms with Crippen LogP contribution < -0.4 is 10.2 Å². The first-order valence-corrected chi connectivity index (χ1v) is 7.52. The average Bonchev–Trinajstić information content (AvgIpc) is 3.09. The van der Waals surface area contributed by atoms with Crippen LogP contribution in [0.15, 0.2) is 18.5 Å². The molecule has 0 aromatic carbocycles. The predicted octanol–water partition coefficient (Wildman–Crippen LogP) is 1.87. The second-order valence-electron chi connectivity index (χ2n) is 5.21. The van der Waals surface area contributed by atoms with Gasteiger partial charge in [0, 0.05) is 32.0 Å². The van der Waals surface area contributed by atoms with Crippen LogP contribution in [0.25, 0.3) is 5.95 Å². The van der Waals surface area contributed by atoms with Crippen molar-refractivity contribution >= 4 is 11.9 Å². The van der Waals surface area contributed by atoms with Gasteiger partial charge in [0.2, 0.25) is 11.9 Å². The summed E-state index contributed by atoms with van der Waals surface area (Å²) < 4.78 is 1.66. The highest BCUT2D eigenvalue weighted by Crippen LogP contribution is 2.24. The van der Waals surface area contributed by atoms with E-state index in [1.807, 2.05) is 19.3 Å². The van der Waals surface area contributed by atoms with Crippen LogP contribution in [0.1, 0.15) is 32.6 Å². The third kappa shape index (κ3) is 2.81. The third-order valence-corrected chi connectivity index (χ3v) is 3.90. The molecule has 0 spiro atoms. The highest BCUT2D eigenvalue weighted by molar-refractivity contribution is 5.41. The van der Waals surface area contributed by atoms with Gasteiger partial charge in [0.15, 0.2) is 0 Å². The normalized spacial score (nSPS) is 18.8. The Bertz CT molecular complexity index is 581. The van der Waals surface area contributed by atoms with Crippen molar-refractivity contribution in [3.63, 3.8) is 0 Å². The number of hydrogen-bond acceptors (Lipinski definition) is 6. The number of nitrogens with one attached hydrogen (secondary N) is 1. The lowest BCUT2D eigenvalue weighted by Crippen LogP contribution is -2.40. The van der Waals surface area contributed by atoms with E-state index < -0.39 is 0 Å². The summed E-state index contributed by atoms with van der Waals surface area (Å²) in [6.07, 6.45) is 8.34. The van der Waals surface area contributed by atoms with Crippen molar-refractivity contribution in [2.45, 2.75) is 38.6 Å². The molecule has 2 aromatic heterocycles. The van der Waals surface area contributed by atoms with Gasteiger partial charge in [-0.15, -0.1) is 0 Å². The quantitative estimate of drug-likeness (QED) is 0.925. The average molecular weight is 287 g/mol. The van der Waals surface area contributed by atoms with Crippen LogP contribution in [-0.4, -0.2) is 44.4 Å². The summed E-state index contributed by atoms with van der Waals surface area (Å²) in [7, 11) is 1.82. The van der Waals surface area contributed by atoms with E-state index in [1.165, 1.54) is 19.3 Å². The summed E-state index contributed by atoms with van der Waals surface area (Å²) in [5.41, 5.74) is 0.